The molecule has 0 aliphatic rings. The Labute approximate surface area is 107 Å². The molecule has 1 rings (SSSR count). The SMILES string of the molecule is C#C[C@H](O)[C@@H](CO)O[C@H](CO)n1ccc(=O)[nH]c1=O. The molecule has 0 fully saturated rings. The van der Waals surface area contributed by atoms with Crippen molar-refractivity contribution in [2.75, 3.05) is 13.2 Å². The summed E-state index contributed by atoms with van der Waals surface area (Å²) >= 11 is 0. The largest absolute Gasteiger partial charge is 0.394 e. The van der Waals surface area contributed by atoms with Crippen LogP contribution < -0.4 is 11.2 Å². The summed E-state index contributed by atoms with van der Waals surface area (Å²) in [5, 5.41) is 27.6. The van der Waals surface area contributed by atoms with Crippen molar-refractivity contribution in [2.24, 2.45) is 0 Å². The van der Waals surface area contributed by atoms with Crippen molar-refractivity contribution in [3.05, 3.63) is 33.1 Å². The number of ether oxygens (including phenoxy) is 1. The molecule has 0 radical (unpaired) electrons. The highest BCUT2D eigenvalue weighted by Gasteiger charge is 2.23. The fraction of sp³-hybridized carbons (Fsp3) is 0.455. The van der Waals surface area contributed by atoms with Gasteiger partial charge in [-0.1, -0.05) is 5.92 Å². The molecule has 0 bridgehead atoms. The highest BCUT2D eigenvalue weighted by molar-refractivity contribution is 4.98. The minimum Gasteiger partial charge on any atom is -0.394 e. The van der Waals surface area contributed by atoms with E-state index in [9.17, 15) is 19.8 Å². The summed E-state index contributed by atoms with van der Waals surface area (Å²) in [7, 11) is 0. The smallest absolute Gasteiger partial charge is 0.330 e. The van der Waals surface area contributed by atoms with E-state index in [1.807, 2.05) is 10.9 Å². The van der Waals surface area contributed by atoms with Crippen LogP contribution in [-0.4, -0.2) is 50.3 Å². The fourth-order valence-electron chi connectivity index (χ4n) is 1.38. The minimum atomic E-state index is -1.39. The van der Waals surface area contributed by atoms with E-state index in [4.69, 9.17) is 16.3 Å². The number of terminal acetylenes is 1. The second-order valence-electron chi connectivity index (χ2n) is 3.62. The molecule has 104 valence electrons. The van der Waals surface area contributed by atoms with Crippen LogP contribution in [0.5, 0.6) is 0 Å². The zero-order valence-corrected chi connectivity index (χ0v) is 9.89. The van der Waals surface area contributed by atoms with E-state index in [1.54, 1.807) is 0 Å². The molecule has 8 heteroatoms. The Kier molecular flexibility index (Phi) is 5.47. The second kappa shape index (κ2) is 6.86. The standard InChI is InChI=1S/C11H14N2O6/c1-2-7(16)8(5-14)19-10(6-15)13-4-3-9(17)12-11(13)18/h1,3-4,7-8,10,14-16H,5-6H2,(H,12,17,18)/t7-,8+,10+/m0/s1. The average molecular weight is 270 g/mol. The van der Waals surface area contributed by atoms with Gasteiger partial charge in [-0.2, -0.15) is 0 Å². The Morgan fingerprint density at radius 2 is 2.11 bits per heavy atom. The van der Waals surface area contributed by atoms with Crippen molar-refractivity contribution in [1.82, 2.24) is 9.55 Å². The summed E-state index contributed by atoms with van der Waals surface area (Å²) in [6.07, 6.45) is 2.36. The summed E-state index contributed by atoms with van der Waals surface area (Å²) in [4.78, 5) is 24.4. The van der Waals surface area contributed by atoms with E-state index in [1.165, 1.54) is 0 Å². The van der Waals surface area contributed by atoms with Gasteiger partial charge in [0.2, 0.25) is 0 Å². The van der Waals surface area contributed by atoms with E-state index in [0.29, 0.717) is 0 Å². The van der Waals surface area contributed by atoms with E-state index in [-0.39, 0.29) is 0 Å². The molecule has 8 nitrogen and oxygen atoms in total. The summed E-state index contributed by atoms with van der Waals surface area (Å²) in [6, 6.07) is 1.07. The van der Waals surface area contributed by atoms with Crippen LogP contribution >= 0.6 is 0 Å². The predicted octanol–water partition coefficient (Wildman–Crippen LogP) is -2.60. The molecule has 1 aromatic rings. The lowest BCUT2D eigenvalue weighted by molar-refractivity contribution is -0.126. The lowest BCUT2D eigenvalue weighted by Crippen LogP contribution is -2.39. The van der Waals surface area contributed by atoms with Crippen LogP contribution in [0.4, 0.5) is 0 Å². The molecular weight excluding hydrogens is 256 g/mol. The third-order valence-electron chi connectivity index (χ3n) is 2.35. The maximum atomic E-state index is 11.5. The summed E-state index contributed by atoms with van der Waals surface area (Å²) in [5.74, 6) is 1.96. The maximum Gasteiger partial charge on any atom is 0.330 e. The second-order valence-corrected chi connectivity index (χ2v) is 3.62. The fourth-order valence-corrected chi connectivity index (χ4v) is 1.38. The van der Waals surface area contributed by atoms with Crippen molar-refractivity contribution in [3.8, 4) is 12.3 Å². The first-order valence-corrected chi connectivity index (χ1v) is 5.36. The Hall–Kier alpha value is -1.92. The van der Waals surface area contributed by atoms with Gasteiger partial charge in [-0.25, -0.2) is 4.79 Å². The van der Waals surface area contributed by atoms with Crippen LogP contribution in [0.3, 0.4) is 0 Å². The highest BCUT2D eigenvalue weighted by atomic mass is 16.5. The molecule has 0 aromatic carbocycles. The molecule has 0 spiro atoms. The molecular formula is C11H14N2O6. The first kappa shape index (κ1) is 15.1. The van der Waals surface area contributed by atoms with Gasteiger partial charge in [-0.3, -0.25) is 14.3 Å². The van der Waals surface area contributed by atoms with E-state index >= 15 is 0 Å². The van der Waals surface area contributed by atoms with Gasteiger partial charge in [0.1, 0.15) is 12.2 Å². The molecule has 0 aliphatic carbocycles. The molecule has 1 heterocycles. The zero-order chi connectivity index (χ0) is 14.4. The van der Waals surface area contributed by atoms with E-state index < -0.39 is 42.9 Å². The van der Waals surface area contributed by atoms with Crippen LogP contribution in [0, 0.1) is 12.3 Å². The van der Waals surface area contributed by atoms with Crippen molar-refractivity contribution in [2.45, 2.75) is 18.4 Å². The number of rotatable bonds is 6. The Morgan fingerprint density at radius 3 is 2.58 bits per heavy atom. The summed E-state index contributed by atoms with van der Waals surface area (Å²) in [5.41, 5.74) is -1.39. The van der Waals surface area contributed by atoms with Crippen molar-refractivity contribution in [1.29, 1.82) is 0 Å². The molecule has 19 heavy (non-hydrogen) atoms. The molecule has 0 saturated carbocycles. The number of nitrogens with one attached hydrogen (secondary N) is 1. The van der Waals surface area contributed by atoms with Gasteiger partial charge in [-0.15, -0.1) is 6.42 Å². The highest BCUT2D eigenvalue weighted by Crippen LogP contribution is 2.10. The van der Waals surface area contributed by atoms with Crippen molar-refractivity contribution >= 4 is 0 Å². The molecule has 0 amide bonds. The zero-order valence-electron chi connectivity index (χ0n) is 9.89. The molecule has 0 unspecified atom stereocenters. The number of H-pyrrole nitrogens is 1. The van der Waals surface area contributed by atoms with E-state index in [2.05, 4.69) is 0 Å². The number of nitrogens with zero attached hydrogens (tertiary/aromatic N) is 1. The molecule has 4 N–H and O–H groups in total. The van der Waals surface area contributed by atoms with Gasteiger partial charge in [0.05, 0.1) is 13.2 Å². The summed E-state index contributed by atoms with van der Waals surface area (Å²) < 4.78 is 6.07. The molecule has 1 aromatic heterocycles. The Balaban J connectivity index is 2.98. The van der Waals surface area contributed by atoms with Gasteiger partial charge in [-0.05, 0) is 0 Å². The normalized spacial score (nSPS) is 15.5. The summed E-state index contributed by atoms with van der Waals surface area (Å²) in [6.45, 7) is -1.21. The lowest BCUT2D eigenvalue weighted by atomic mass is 10.2. The van der Waals surface area contributed by atoms with Gasteiger partial charge in [0, 0.05) is 12.3 Å². The number of aliphatic hydroxyl groups excluding tert-OH is 3. The quantitative estimate of drug-likeness (QED) is 0.420. The first-order chi connectivity index (χ1) is 9.03. The molecule has 0 aliphatic heterocycles. The van der Waals surface area contributed by atoms with E-state index in [0.717, 1.165) is 16.8 Å². The maximum absolute atomic E-state index is 11.5. The number of aromatic amines is 1. The third kappa shape index (κ3) is 3.77. The topological polar surface area (TPSA) is 125 Å². The van der Waals surface area contributed by atoms with Crippen LogP contribution in [0.1, 0.15) is 6.23 Å². The van der Waals surface area contributed by atoms with Gasteiger partial charge in [0.25, 0.3) is 5.56 Å². The van der Waals surface area contributed by atoms with Crippen LogP contribution in [0.15, 0.2) is 21.9 Å². The number of aromatic nitrogens is 2. The van der Waals surface area contributed by atoms with Crippen LogP contribution in [-0.2, 0) is 4.74 Å². The monoisotopic (exact) mass is 270 g/mol. The van der Waals surface area contributed by atoms with Gasteiger partial charge < -0.3 is 20.1 Å². The number of aliphatic hydroxyl groups is 3. The minimum absolute atomic E-state index is 0.597. The first-order valence-electron chi connectivity index (χ1n) is 5.36. The van der Waals surface area contributed by atoms with Crippen molar-refractivity contribution in [3.63, 3.8) is 0 Å². The van der Waals surface area contributed by atoms with Crippen LogP contribution in [0.25, 0.3) is 0 Å². The Bertz CT molecular complexity index is 557. The van der Waals surface area contributed by atoms with Crippen molar-refractivity contribution < 1.29 is 20.1 Å². The predicted molar refractivity (Wildman–Crippen MR) is 64.2 cm³/mol. The van der Waals surface area contributed by atoms with Gasteiger partial charge in [0.15, 0.2) is 6.23 Å². The third-order valence-corrected chi connectivity index (χ3v) is 2.35. The molecule has 3 atom stereocenters. The average Bonchev–Trinajstić information content (AvgIpc) is 2.40. The number of hydrogen-bond donors (Lipinski definition) is 4. The number of hydrogen-bond acceptors (Lipinski definition) is 6. The Morgan fingerprint density at radius 1 is 1.42 bits per heavy atom. The molecule has 0 saturated heterocycles. The lowest BCUT2D eigenvalue weighted by Gasteiger charge is -2.24. The van der Waals surface area contributed by atoms with Gasteiger partial charge >= 0.3 is 5.69 Å². The van der Waals surface area contributed by atoms with Crippen LogP contribution in [0.2, 0.25) is 0 Å².